The fourth-order valence-electron chi connectivity index (χ4n) is 3.43. The summed E-state index contributed by atoms with van der Waals surface area (Å²) in [7, 11) is 4.71. The van der Waals surface area contributed by atoms with Gasteiger partial charge in [0.05, 0.1) is 12.8 Å². The van der Waals surface area contributed by atoms with Crippen LogP contribution in [-0.4, -0.2) is 53.6 Å². The molecule has 0 aliphatic rings. The number of amides is 1. The summed E-state index contributed by atoms with van der Waals surface area (Å²) >= 11 is 0. The number of aromatic amines is 1. The van der Waals surface area contributed by atoms with E-state index in [2.05, 4.69) is 19.9 Å². The second-order valence-corrected chi connectivity index (χ2v) is 7.38. The van der Waals surface area contributed by atoms with Gasteiger partial charge in [0.25, 0.3) is 5.91 Å². The Morgan fingerprint density at radius 1 is 1.06 bits per heavy atom. The minimum absolute atomic E-state index is 0.124. The SMILES string of the molecule is COc1cc(OC(F)(F)F)ccc1-c1[nH]nc2ncc(-c3cccc(C(=O)N(C)C)c3)cc12. The third-order valence-corrected chi connectivity index (χ3v) is 4.93. The van der Waals surface area contributed by atoms with Crippen molar-refractivity contribution in [1.82, 2.24) is 20.1 Å². The van der Waals surface area contributed by atoms with Crippen LogP contribution in [0.2, 0.25) is 0 Å². The third kappa shape index (κ3) is 4.59. The molecule has 0 aliphatic heterocycles. The second kappa shape index (κ2) is 8.45. The summed E-state index contributed by atoms with van der Waals surface area (Å²) in [5, 5.41) is 7.71. The zero-order chi connectivity index (χ0) is 23.8. The van der Waals surface area contributed by atoms with Gasteiger partial charge in [-0.05, 0) is 35.9 Å². The van der Waals surface area contributed by atoms with Gasteiger partial charge in [-0.25, -0.2) is 4.98 Å². The molecule has 33 heavy (non-hydrogen) atoms. The maximum atomic E-state index is 12.6. The van der Waals surface area contributed by atoms with Crippen LogP contribution in [0.25, 0.3) is 33.4 Å². The molecule has 0 saturated heterocycles. The first kappa shape index (κ1) is 22.1. The first-order chi connectivity index (χ1) is 15.7. The van der Waals surface area contributed by atoms with E-state index in [1.54, 1.807) is 38.5 Å². The van der Waals surface area contributed by atoms with Crippen LogP contribution in [0.4, 0.5) is 13.2 Å². The zero-order valence-corrected chi connectivity index (χ0v) is 17.9. The molecule has 10 heteroatoms. The minimum Gasteiger partial charge on any atom is -0.496 e. The number of pyridine rings is 1. The number of benzene rings is 2. The number of H-pyrrole nitrogens is 1. The molecule has 0 atom stereocenters. The van der Waals surface area contributed by atoms with Crippen LogP contribution in [0.1, 0.15) is 10.4 Å². The number of aromatic nitrogens is 3. The summed E-state index contributed by atoms with van der Waals surface area (Å²) in [6.07, 6.45) is -3.17. The van der Waals surface area contributed by atoms with Gasteiger partial charge in [0.15, 0.2) is 5.65 Å². The second-order valence-electron chi connectivity index (χ2n) is 7.38. The lowest BCUT2D eigenvalue weighted by atomic mass is 10.0. The Labute approximate surface area is 186 Å². The number of fused-ring (bicyclic) bond motifs is 1. The molecule has 4 aromatic rings. The number of carbonyl (C=O) groups is 1. The Balaban J connectivity index is 1.77. The summed E-state index contributed by atoms with van der Waals surface area (Å²) < 4.78 is 47.0. The fraction of sp³-hybridized carbons (Fsp3) is 0.174. The molecule has 0 aliphatic carbocycles. The Hall–Kier alpha value is -4.08. The number of ether oxygens (including phenoxy) is 2. The monoisotopic (exact) mass is 456 g/mol. The molecule has 7 nitrogen and oxygen atoms in total. The van der Waals surface area contributed by atoms with Gasteiger partial charge < -0.3 is 14.4 Å². The molecular formula is C23H19F3N4O3. The molecule has 170 valence electrons. The largest absolute Gasteiger partial charge is 0.573 e. The highest BCUT2D eigenvalue weighted by Crippen LogP contribution is 2.37. The number of rotatable bonds is 5. The van der Waals surface area contributed by atoms with Gasteiger partial charge in [0.2, 0.25) is 0 Å². The number of alkyl halides is 3. The van der Waals surface area contributed by atoms with E-state index in [1.165, 1.54) is 24.1 Å². The number of halogens is 3. The van der Waals surface area contributed by atoms with Crippen LogP contribution < -0.4 is 9.47 Å². The summed E-state index contributed by atoms with van der Waals surface area (Å²) in [6.45, 7) is 0. The van der Waals surface area contributed by atoms with Crippen LogP contribution in [0.5, 0.6) is 11.5 Å². The van der Waals surface area contributed by atoms with Gasteiger partial charge in [-0.2, -0.15) is 5.10 Å². The van der Waals surface area contributed by atoms with E-state index in [1.807, 2.05) is 12.1 Å². The van der Waals surface area contributed by atoms with E-state index >= 15 is 0 Å². The summed E-state index contributed by atoms with van der Waals surface area (Å²) in [5.74, 6) is -0.347. The fourth-order valence-corrected chi connectivity index (χ4v) is 3.43. The number of nitrogens with zero attached hydrogens (tertiary/aromatic N) is 3. The molecule has 1 amide bonds. The quantitative estimate of drug-likeness (QED) is 0.462. The molecule has 0 saturated carbocycles. The lowest BCUT2D eigenvalue weighted by Crippen LogP contribution is -2.21. The first-order valence-corrected chi connectivity index (χ1v) is 9.76. The van der Waals surface area contributed by atoms with Gasteiger partial charge in [0, 0.05) is 48.4 Å². The van der Waals surface area contributed by atoms with Crippen LogP contribution >= 0.6 is 0 Å². The molecular weight excluding hydrogens is 437 g/mol. The molecule has 0 spiro atoms. The van der Waals surface area contributed by atoms with Crippen LogP contribution in [0.15, 0.2) is 54.7 Å². The van der Waals surface area contributed by atoms with E-state index in [-0.39, 0.29) is 11.7 Å². The molecule has 0 fully saturated rings. The number of nitrogens with one attached hydrogen (secondary N) is 1. The summed E-state index contributed by atoms with van der Waals surface area (Å²) in [5.41, 5.74) is 3.50. The van der Waals surface area contributed by atoms with E-state index < -0.39 is 12.1 Å². The summed E-state index contributed by atoms with van der Waals surface area (Å²) in [6, 6.07) is 12.8. The maximum Gasteiger partial charge on any atom is 0.573 e. The Kier molecular flexibility index (Phi) is 5.67. The van der Waals surface area contributed by atoms with Crippen LogP contribution in [-0.2, 0) is 0 Å². The van der Waals surface area contributed by atoms with Crippen molar-refractivity contribution in [3.63, 3.8) is 0 Å². The molecule has 0 unspecified atom stereocenters. The molecule has 2 aromatic carbocycles. The molecule has 2 aromatic heterocycles. The van der Waals surface area contributed by atoms with Gasteiger partial charge in [-0.1, -0.05) is 12.1 Å². The van der Waals surface area contributed by atoms with E-state index in [9.17, 15) is 18.0 Å². The van der Waals surface area contributed by atoms with Crippen molar-refractivity contribution in [3.8, 4) is 33.9 Å². The predicted octanol–water partition coefficient (Wildman–Crippen LogP) is 4.90. The van der Waals surface area contributed by atoms with Crippen LogP contribution in [0, 0.1) is 0 Å². The standard InChI is InChI=1S/C23H19F3N4O3/c1-30(2)22(31)14-6-4-5-13(9-14)15-10-18-20(28-29-21(18)27-12-15)17-8-7-16(11-19(17)32-3)33-23(24,25)26/h4-12H,1-3H3,(H,27,28,29). The smallest absolute Gasteiger partial charge is 0.496 e. The number of methoxy groups -OCH3 is 1. The number of carbonyl (C=O) groups excluding carboxylic acids is 1. The maximum absolute atomic E-state index is 12.6. The first-order valence-electron chi connectivity index (χ1n) is 9.76. The molecule has 0 radical (unpaired) electrons. The average molecular weight is 456 g/mol. The Morgan fingerprint density at radius 3 is 2.55 bits per heavy atom. The third-order valence-electron chi connectivity index (χ3n) is 4.93. The van der Waals surface area contributed by atoms with Gasteiger partial charge in [0.1, 0.15) is 11.5 Å². The minimum atomic E-state index is -4.81. The van der Waals surface area contributed by atoms with Crippen molar-refractivity contribution < 1.29 is 27.4 Å². The van der Waals surface area contributed by atoms with Crippen molar-refractivity contribution in [1.29, 1.82) is 0 Å². The lowest BCUT2D eigenvalue weighted by molar-refractivity contribution is -0.274. The van der Waals surface area contributed by atoms with Crippen molar-refractivity contribution >= 4 is 16.9 Å². The average Bonchev–Trinajstić information content (AvgIpc) is 3.20. The normalized spacial score (nSPS) is 11.5. The Bertz CT molecular complexity index is 1330. The topological polar surface area (TPSA) is 80.3 Å². The highest BCUT2D eigenvalue weighted by atomic mass is 19.4. The van der Waals surface area contributed by atoms with Crippen molar-refractivity contribution in [2.45, 2.75) is 6.36 Å². The van der Waals surface area contributed by atoms with Gasteiger partial charge in [-0.3, -0.25) is 9.89 Å². The lowest BCUT2D eigenvalue weighted by Gasteiger charge is -2.13. The highest BCUT2D eigenvalue weighted by Gasteiger charge is 2.31. The number of hydrogen-bond acceptors (Lipinski definition) is 5. The van der Waals surface area contributed by atoms with Crippen LogP contribution in [0.3, 0.4) is 0 Å². The van der Waals surface area contributed by atoms with E-state index in [0.717, 1.165) is 17.2 Å². The number of hydrogen-bond donors (Lipinski definition) is 1. The van der Waals surface area contributed by atoms with E-state index in [0.29, 0.717) is 27.9 Å². The van der Waals surface area contributed by atoms with Gasteiger partial charge >= 0.3 is 6.36 Å². The van der Waals surface area contributed by atoms with Crippen molar-refractivity contribution in [3.05, 3.63) is 60.3 Å². The zero-order valence-electron chi connectivity index (χ0n) is 17.9. The Morgan fingerprint density at radius 2 is 1.85 bits per heavy atom. The molecule has 0 bridgehead atoms. The van der Waals surface area contributed by atoms with Crippen molar-refractivity contribution in [2.75, 3.05) is 21.2 Å². The molecule has 2 heterocycles. The molecule has 1 N–H and O–H groups in total. The highest BCUT2D eigenvalue weighted by molar-refractivity contribution is 5.97. The molecule has 4 rings (SSSR count). The van der Waals surface area contributed by atoms with E-state index in [4.69, 9.17) is 4.74 Å². The van der Waals surface area contributed by atoms with Gasteiger partial charge in [-0.15, -0.1) is 13.2 Å². The van der Waals surface area contributed by atoms with Crippen molar-refractivity contribution in [2.24, 2.45) is 0 Å². The summed E-state index contributed by atoms with van der Waals surface area (Å²) in [4.78, 5) is 18.2. The predicted molar refractivity (Wildman–Crippen MR) is 116 cm³/mol.